The third-order valence-electron chi connectivity index (χ3n) is 0.790. The van der Waals surface area contributed by atoms with Gasteiger partial charge in [0, 0.05) is 0 Å². The molecule has 0 unspecified atom stereocenters. The second-order valence-electron chi connectivity index (χ2n) is 1.43. The molecule has 0 spiro atoms. The van der Waals surface area contributed by atoms with Crippen LogP contribution < -0.4 is 0 Å². The molecule has 0 aliphatic carbocycles. The molecular weight excluding hydrogens is 236 g/mol. The van der Waals surface area contributed by atoms with E-state index in [2.05, 4.69) is 4.98 Å². The molecule has 1 rings (SSSR count). The first-order valence-corrected chi connectivity index (χ1v) is 4.65. The minimum absolute atomic E-state index is 0.353. The zero-order chi connectivity index (χ0) is 7.72. The first kappa shape index (κ1) is 8.88. The van der Waals surface area contributed by atoms with Crippen molar-refractivity contribution in [3.63, 3.8) is 0 Å². The molecule has 0 aliphatic heterocycles. The van der Waals surface area contributed by atoms with Crippen LogP contribution in [0.3, 0.4) is 0 Å². The van der Waals surface area contributed by atoms with Gasteiger partial charge < -0.3 is 0 Å². The summed E-state index contributed by atoms with van der Waals surface area (Å²) in [5.41, 5.74) is 0.431. The smallest absolute Gasteiger partial charge is 0.185 e. The lowest BCUT2D eigenvalue weighted by Crippen LogP contribution is -1.80. The van der Waals surface area contributed by atoms with Crippen LogP contribution in [0.25, 0.3) is 0 Å². The summed E-state index contributed by atoms with van der Waals surface area (Å²) in [6, 6.07) is 0. The van der Waals surface area contributed by atoms with Gasteiger partial charge in [-0.05, 0) is 0 Å². The largest absolute Gasteiger partial charge is 0.225 e. The fourth-order valence-corrected chi connectivity index (χ4v) is 2.35. The molecule has 0 saturated carbocycles. The van der Waals surface area contributed by atoms with Gasteiger partial charge in [0.05, 0.1) is 0 Å². The maximum absolute atomic E-state index is 5.64. The van der Waals surface area contributed by atoms with Crippen molar-refractivity contribution in [3.8, 4) is 0 Å². The first-order valence-electron chi connectivity index (χ1n) is 2.21. The number of hydrogen-bond acceptors (Lipinski definition) is 2. The van der Waals surface area contributed by atoms with Crippen LogP contribution in [-0.4, -0.2) is 4.98 Å². The summed E-state index contributed by atoms with van der Waals surface area (Å²) in [5.74, 6) is 0. The topological polar surface area (TPSA) is 12.9 Å². The predicted octanol–water partition coefficient (Wildman–Crippen LogP) is 3.93. The van der Waals surface area contributed by atoms with Gasteiger partial charge in [-0.1, -0.05) is 57.7 Å². The molecule has 0 bridgehead atoms. The molecule has 6 heteroatoms. The summed E-state index contributed by atoms with van der Waals surface area (Å²) < 4.78 is 0.798. The van der Waals surface area contributed by atoms with Crippen molar-refractivity contribution in [1.29, 1.82) is 0 Å². The highest BCUT2D eigenvalue weighted by Gasteiger charge is 2.13. The summed E-state index contributed by atoms with van der Waals surface area (Å²) in [7, 11) is 0. The van der Waals surface area contributed by atoms with Gasteiger partial charge in [-0.25, -0.2) is 4.98 Å². The van der Waals surface area contributed by atoms with Crippen molar-refractivity contribution < 1.29 is 0 Å². The maximum Gasteiger partial charge on any atom is 0.185 e. The lowest BCUT2D eigenvalue weighted by atomic mass is 10.6. The van der Waals surface area contributed by atoms with E-state index in [0.717, 1.165) is 11.3 Å². The molecule has 0 N–H and O–H groups in total. The van der Waals surface area contributed by atoms with Crippen LogP contribution in [0.1, 0.15) is 10.5 Å². The molecule has 1 heterocycles. The zero-order valence-corrected chi connectivity index (χ0v) is 8.28. The zero-order valence-electron chi connectivity index (χ0n) is 4.44. The average molecular weight is 237 g/mol. The van der Waals surface area contributed by atoms with Crippen molar-refractivity contribution in [1.82, 2.24) is 4.98 Å². The van der Waals surface area contributed by atoms with Crippen LogP contribution in [0.15, 0.2) is 0 Å². The molecule has 0 amide bonds. The number of alkyl halides is 2. The second kappa shape index (κ2) is 3.46. The number of halogens is 4. The standard InChI is InChI=1S/C4HCl4NS/c5-2(6)1-3(7)10-4(8)9-1/h2H. The normalized spacial score (nSPS) is 10.9. The van der Waals surface area contributed by atoms with Crippen molar-refractivity contribution in [2.45, 2.75) is 4.84 Å². The second-order valence-corrected chi connectivity index (χ2v) is 4.71. The van der Waals surface area contributed by atoms with Crippen LogP contribution in [0.4, 0.5) is 0 Å². The Morgan fingerprint density at radius 1 is 1.30 bits per heavy atom. The molecule has 56 valence electrons. The Morgan fingerprint density at radius 3 is 2.10 bits per heavy atom. The van der Waals surface area contributed by atoms with Gasteiger partial charge in [0.25, 0.3) is 0 Å². The van der Waals surface area contributed by atoms with Gasteiger partial charge >= 0.3 is 0 Å². The van der Waals surface area contributed by atoms with Crippen LogP contribution in [0.5, 0.6) is 0 Å². The Labute approximate surface area is 81.9 Å². The maximum atomic E-state index is 5.64. The number of aromatic nitrogens is 1. The fourth-order valence-electron chi connectivity index (χ4n) is 0.422. The third kappa shape index (κ3) is 1.89. The van der Waals surface area contributed by atoms with Crippen LogP contribution in [0.2, 0.25) is 8.80 Å². The summed E-state index contributed by atoms with van der Waals surface area (Å²) in [4.78, 5) is 3.10. The Kier molecular flexibility index (Phi) is 3.07. The van der Waals surface area contributed by atoms with Crippen LogP contribution in [-0.2, 0) is 0 Å². The van der Waals surface area contributed by atoms with Crippen LogP contribution in [0, 0.1) is 0 Å². The van der Waals surface area contributed by atoms with Gasteiger partial charge in [0.1, 0.15) is 10.0 Å². The van der Waals surface area contributed by atoms with E-state index in [1.54, 1.807) is 0 Å². The molecule has 0 aliphatic rings. The Morgan fingerprint density at radius 2 is 1.90 bits per heavy atom. The Balaban J connectivity index is 3.03. The average Bonchev–Trinajstić information content (AvgIpc) is 2.10. The highest BCUT2D eigenvalue weighted by atomic mass is 35.5. The van der Waals surface area contributed by atoms with E-state index in [1.807, 2.05) is 0 Å². The van der Waals surface area contributed by atoms with Crippen molar-refractivity contribution in [2.24, 2.45) is 0 Å². The highest BCUT2D eigenvalue weighted by Crippen LogP contribution is 2.35. The molecule has 0 fully saturated rings. The molecule has 1 aromatic rings. The van der Waals surface area contributed by atoms with Crippen molar-refractivity contribution in [2.75, 3.05) is 0 Å². The summed E-state index contributed by atoms with van der Waals surface area (Å²) in [6.07, 6.45) is 0. The van der Waals surface area contributed by atoms with Crippen molar-refractivity contribution >= 4 is 57.7 Å². The number of hydrogen-bond donors (Lipinski definition) is 0. The molecule has 1 aromatic heterocycles. The van der Waals surface area contributed by atoms with Crippen molar-refractivity contribution in [3.05, 3.63) is 14.5 Å². The third-order valence-corrected chi connectivity index (χ3v) is 2.59. The quantitative estimate of drug-likeness (QED) is 0.674. The number of rotatable bonds is 1. The van der Waals surface area contributed by atoms with Gasteiger partial charge in [-0.15, -0.1) is 0 Å². The van der Waals surface area contributed by atoms with Crippen LogP contribution >= 0.6 is 57.7 Å². The van der Waals surface area contributed by atoms with E-state index >= 15 is 0 Å². The fraction of sp³-hybridized carbons (Fsp3) is 0.250. The summed E-state index contributed by atoms with van der Waals surface area (Å²) in [6.45, 7) is 0. The summed E-state index contributed by atoms with van der Waals surface area (Å²) >= 11 is 23.3. The number of nitrogens with zero attached hydrogens (tertiary/aromatic N) is 1. The SMILES string of the molecule is Clc1nc(C(Cl)Cl)c(Cl)s1. The monoisotopic (exact) mass is 235 g/mol. The predicted molar refractivity (Wildman–Crippen MR) is 46.6 cm³/mol. The van der Waals surface area contributed by atoms with Gasteiger partial charge in [-0.2, -0.15) is 0 Å². The van der Waals surface area contributed by atoms with Gasteiger partial charge in [0.15, 0.2) is 9.30 Å². The van der Waals surface area contributed by atoms with E-state index in [0.29, 0.717) is 14.5 Å². The summed E-state index contributed by atoms with van der Waals surface area (Å²) in [5, 5.41) is 0. The van der Waals surface area contributed by atoms with E-state index < -0.39 is 4.84 Å². The first-order chi connectivity index (χ1) is 4.61. The molecule has 1 nitrogen and oxygen atoms in total. The molecular formula is C4HCl4NS. The Hall–Kier alpha value is 0.790. The lowest BCUT2D eigenvalue weighted by Gasteiger charge is -1.92. The van der Waals surface area contributed by atoms with Gasteiger partial charge in [0.2, 0.25) is 0 Å². The minimum atomic E-state index is -0.698. The van der Waals surface area contributed by atoms with E-state index in [9.17, 15) is 0 Å². The minimum Gasteiger partial charge on any atom is -0.225 e. The lowest BCUT2D eigenvalue weighted by molar-refractivity contribution is 1.20. The van der Waals surface area contributed by atoms with E-state index in [4.69, 9.17) is 46.4 Å². The molecule has 0 atom stereocenters. The van der Waals surface area contributed by atoms with E-state index in [1.165, 1.54) is 0 Å². The Bertz CT molecular complexity index is 233. The molecule has 0 saturated heterocycles. The number of thiazole rings is 1. The van der Waals surface area contributed by atoms with E-state index in [-0.39, 0.29) is 0 Å². The molecule has 0 aromatic carbocycles. The molecule has 10 heavy (non-hydrogen) atoms. The molecule has 0 radical (unpaired) electrons. The van der Waals surface area contributed by atoms with Gasteiger partial charge in [-0.3, -0.25) is 0 Å². The highest BCUT2D eigenvalue weighted by molar-refractivity contribution is 7.19.